The van der Waals surface area contributed by atoms with E-state index in [2.05, 4.69) is 0 Å². The molecular weight excluding hydrogens is 309 g/mol. The highest BCUT2D eigenvalue weighted by Crippen LogP contribution is 2.31. The molecule has 0 bridgehead atoms. The molecule has 0 spiro atoms. The van der Waals surface area contributed by atoms with Crippen molar-refractivity contribution in [2.45, 2.75) is 0 Å². The van der Waals surface area contributed by atoms with Crippen LogP contribution < -0.4 is 5.73 Å². The second-order valence-corrected chi connectivity index (χ2v) is 15.4. The molecule has 0 fully saturated rings. The quantitative estimate of drug-likeness (QED) is 0.671. The van der Waals surface area contributed by atoms with Crippen LogP contribution in [0.1, 0.15) is 5.56 Å². The lowest BCUT2D eigenvalue weighted by atomic mass is 10.2. The molecule has 1 aromatic rings. The average molecular weight is 323 g/mol. The van der Waals surface area contributed by atoms with Gasteiger partial charge in [0.1, 0.15) is 0 Å². The summed E-state index contributed by atoms with van der Waals surface area (Å²) in [7, 11) is 0. The zero-order chi connectivity index (χ0) is 10.8. The number of halogens is 1. The molecule has 0 atom stereocenters. The largest absolute Gasteiger partial charge is 0.398 e. The van der Waals surface area contributed by atoms with Crippen molar-refractivity contribution >= 4 is 33.1 Å². The van der Waals surface area contributed by atoms with Gasteiger partial charge in [-0.15, -0.1) is 0 Å². The molecule has 1 aromatic carbocycles. The Morgan fingerprint density at radius 3 is 2.29 bits per heavy atom. The smallest absolute Gasteiger partial charge is 0.0466 e. The monoisotopic (exact) mass is 323 g/mol. The minimum absolute atomic E-state index is 0.571. The van der Waals surface area contributed by atoms with Gasteiger partial charge in [0.25, 0.3) is 0 Å². The Hall–Kier alpha value is -0.360. The van der Waals surface area contributed by atoms with Crippen LogP contribution in [0.25, 0.3) is 5.70 Å². The van der Waals surface area contributed by atoms with Gasteiger partial charge in [0.2, 0.25) is 0 Å². The Morgan fingerprint density at radius 2 is 1.86 bits per heavy atom. The van der Waals surface area contributed by atoms with Crippen LogP contribution in [-0.4, -0.2) is 16.7 Å². The topological polar surface area (TPSA) is 43.1 Å². The molecule has 0 radical (unpaired) electrons. The summed E-state index contributed by atoms with van der Waals surface area (Å²) in [6.45, 7) is 0. The van der Waals surface area contributed by atoms with E-state index in [4.69, 9.17) is 5.73 Å². The summed E-state index contributed by atoms with van der Waals surface area (Å²) in [6.07, 6.45) is 0.710. The number of rotatable bonds is 2. The first-order chi connectivity index (χ1) is 6.24. The highest BCUT2D eigenvalue weighted by Gasteiger charge is 2.17. The Labute approximate surface area is 96.6 Å². The Kier molecular flexibility index (Phi) is 3.06. The maximum atomic E-state index is 12.0. The van der Waals surface area contributed by atoms with Crippen molar-refractivity contribution < 1.29 is 4.21 Å². The summed E-state index contributed by atoms with van der Waals surface area (Å²) in [4.78, 5) is 0. The van der Waals surface area contributed by atoms with Gasteiger partial charge >= 0.3 is 0 Å². The molecule has 0 saturated heterocycles. The van der Waals surface area contributed by atoms with Gasteiger partial charge in [-0.05, 0) is 11.8 Å². The van der Waals surface area contributed by atoms with Crippen LogP contribution in [0.15, 0.2) is 35.7 Å². The summed E-state index contributed by atoms with van der Waals surface area (Å²) in [6, 6.07) is 9.55. The SMILES string of the molecule is CS(C)(=O)(I)/C=C(\N)c1ccccc1. The van der Waals surface area contributed by atoms with Crippen molar-refractivity contribution in [3.63, 3.8) is 0 Å². The van der Waals surface area contributed by atoms with Crippen molar-refractivity contribution in [3.8, 4) is 0 Å². The lowest BCUT2D eigenvalue weighted by Gasteiger charge is -2.21. The van der Waals surface area contributed by atoms with Crippen LogP contribution in [0.3, 0.4) is 0 Å². The minimum atomic E-state index is -2.69. The Morgan fingerprint density at radius 1 is 1.36 bits per heavy atom. The van der Waals surface area contributed by atoms with Gasteiger partial charge in [0, 0.05) is 44.8 Å². The predicted molar refractivity (Wildman–Crippen MR) is 72.6 cm³/mol. The van der Waals surface area contributed by atoms with E-state index in [-0.39, 0.29) is 0 Å². The standard InChI is InChI=1S/C10H14INOS/c1-14(2,11,13)8-10(12)9-6-4-3-5-7-9/h3-8H,12H2,1-2H3/b10-8-. The Balaban J connectivity index is 3.10. The van der Waals surface area contributed by atoms with Crippen LogP contribution >= 0.6 is 21.2 Å². The molecule has 0 aliphatic carbocycles. The molecule has 0 heterocycles. The van der Waals surface area contributed by atoms with Gasteiger partial charge in [0.05, 0.1) is 0 Å². The molecule has 2 N–H and O–H groups in total. The summed E-state index contributed by atoms with van der Waals surface area (Å²) in [5.41, 5.74) is 7.33. The van der Waals surface area contributed by atoms with Crippen LogP contribution in [0.2, 0.25) is 0 Å². The van der Waals surface area contributed by atoms with E-state index in [9.17, 15) is 4.21 Å². The van der Waals surface area contributed by atoms with E-state index < -0.39 is 6.24 Å². The molecular formula is C10H14INOS. The summed E-state index contributed by atoms with van der Waals surface area (Å²) >= 11 is 1.95. The fourth-order valence-corrected chi connectivity index (χ4v) is 2.72. The second kappa shape index (κ2) is 3.66. The molecule has 0 saturated carbocycles. The average Bonchev–Trinajstić information content (AvgIpc) is 2.01. The third-order valence-electron chi connectivity index (χ3n) is 1.56. The summed E-state index contributed by atoms with van der Waals surface area (Å²) in [5, 5.41) is 1.65. The van der Waals surface area contributed by atoms with Crippen molar-refractivity contribution in [1.29, 1.82) is 0 Å². The van der Waals surface area contributed by atoms with Crippen molar-refractivity contribution in [2.75, 3.05) is 12.5 Å². The highest BCUT2D eigenvalue weighted by molar-refractivity contribution is 14.2. The van der Waals surface area contributed by atoms with Gasteiger partial charge in [0.15, 0.2) is 0 Å². The van der Waals surface area contributed by atoms with Gasteiger partial charge < -0.3 is 5.73 Å². The van der Waals surface area contributed by atoms with Crippen molar-refractivity contribution in [2.24, 2.45) is 5.73 Å². The van der Waals surface area contributed by atoms with E-state index in [1.165, 1.54) is 0 Å². The normalized spacial score (nSPS) is 15.9. The first kappa shape index (κ1) is 11.7. The van der Waals surface area contributed by atoms with E-state index in [0.29, 0.717) is 5.70 Å². The fraction of sp³-hybridized carbons (Fsp3) is 0.200. The molecule has 1 rings (SSSR count). The first-order valence-electron chi connectivity index (χ1n) is 4.11. The third kappa shape index (κ3) is 4.23. The van der Waals surface area contributed by atoms with Crippen molar-refractivity contribution in [3.05, 3.63) is 41.3 Å². The molecule has 14 heavy (non-hydrogen) atoms. The maximum Gasteiger partial charge on any atom is 0.0466 e. The second-order valence-electron chi connectivity index (χ2n) is 3.71. The number of hydrogen-bond donors (Lipinski definition) is 1. The van der Waals surface area contributed by atoms with Crippen LogP contribution in [0, 0.1) is 0 Å². The predicted octanol–water partition coefficient (Wildman–Crippen LogP) is 2.37. The lowest BCUT2D eigenvalue weighted by molar-refractivity contribution is 0.683. The fourth-order valence-electron chi connectivity index (χ4n) is 1.05. The first-order valence-corrected chi connectivity index (χ1v) is 9.50. The van der Waals surface area contributed by atoms with E-state index in [0.717, 1.165) is 5.56 Å². The van der Waals surface area contributed by atoms with Gasteiger partial charge in [-0.3, -0.25) is 4.21 Å². The van der Waals surface area contributed by atoms with E-state index in [1.54, 1.807) is 17.9 Å². The molecule has 0 aliphatic heterocycles. The Bertz CT molecular complexity index is 408. The third-order valence-corrected chi connectivity index (χ3v) is 3.24. The molecule has 0 aromatic heterocycles. The molecule has 4 heteroatoms. The number of hydrogen-bond acceptors (Lipinski definition) is 2. The zero-order valence-corrected chi connectivity index (χ0v) is 11.2. The lowest BCUT2D eigenvalue weighted by Crippen LogP contribution is -2.17. The highest BCUT2D eigenvalue weighted by atomic mass is 127. The van der Waals surface area contributed by atoms with Crippen LogP contribution in [-0.2, 0) is 6.24 Å². The summed E-state index contributed by atoms with van der Waals surface area (Å²) < 4.78 is 12.0. The molecule has 0 amide bonds. The van der Waals surface area contributed by atoms with E-state index >= 15 is 0 Å². The number of nitrogens with two attached hydrogens (primary N) is 1. The molecule has 2 nitrogen and oxygen atoms in total. The van der Waals surface area contributed by atoms with Gasteiger partial charge in [-0.1, -0.05) is 30.3 Å². The summed E-state index contributed by atoms with van der Waals surface area (Å²) in [5.74, 6) is 0. The van der Waals surface area contributed by atoms with Crippen LogP contribution in [0.5, 0.6) is 0 Å². The molecule has 0 aliphatic rings. The minimum Gasteiger partial charge on any atom is -0.398 e. The van der Waals surface area contributed by atoms with E-state index in [1.807, 2.05) is 51.5 Å². The van der Waals surface area contributed by atoms with Gasteiger partial charge in [-0.25, -0.2) is 0 Å². The molecule has 0 unspecified atom stereocenters. The van der Waals surface area contributed by atoms with Gasteiger partial charge in [-0.2, -0.15) is 0 Å². The zero-order valence-electron chi connectivity index (χ0n) is 8.24. The number of benzene rings is 1. The van der Waals surface area contributed by atoms with Crippen LogP contribution in [0.4, 0.5) is 0 Å². The van der Waals surface area contributed by atoms with Crippen molar-refractivity contribution in [1.82, 2.24) is 0 Å². The molecule has 78 valence electrons. The maximum absolute atomic E-state index is 12.0.